The predicted octanol–water partition coefficient (Wildman–Crippen LogP) is 7.06. The third-order valence-corrected chi connectivity index (χ3v) is 8.03. The maximum Gasteiger partial charge on any atom is 0.283 e. The van der Waals surface area contributed by atoms with E-state index in [4.69, 9.17) is 33.3 Å². The van der Waals surface area contributed by atoms with Gasteiger partial charge < -0.3 is 9.30 Å². The van der Waals surface area contributed by atoms with E-state index in [0.717, 1.165) is 45.6 Å². The molecule has 0 fully saturated rings. The average molecular weight is 555 g/mol. The Morgan fingerprint density at radius 3 is 2.78 bits per heavy atom. The van der Waals surface area contributed by atoms with Crippen molar-refractivity contribution >= 4 is 73.9 Å². The highest BCUT2D eigenvalue weighted by molar-refractivity contribution is 8.26. The number of aliphatic imine (C=N–C) groups is 1. The molecule has 3 heterocycles. The van der Waals surface area contributed by atoms with E-state index < -0.39 is 5.91 Å². The maximum absolute atomic E-state index is 13.0. The van der Waals surface area contributed by atoms with E-state index in [-0.39, 0.29) is 11.4 Å². The smallest absolute Gasteiger partial charge is 0.283 e. The first-order valence-electron chi connectivity index (χ1n) is 11.9. The molecular weight excluding hydrogens is 529 g/mol. The van der Waals surface area contributed by atoms with E-state index in [1.807, 2.05) is 13.8 Å². The highest BCUT2D eigenvalue weighted by Crippen LogP contribution is 2.34. The van der Waals surface area contributed by atoms with Gasteiger partial charge in [0, 0.05) is 22.2 Å². The van der Waals surface area contributed by atoms with Crippen molar-refractivity contribution in [1.82, 2.24) is 9.58 Å². The van der Waals surface area contributed by atoms with Gasteiger partial charge in [-0.15, -0.1) is 0 Å². The Kier molecular flexibility index (Phi) is 7.16. The van der Waals surface area contributed by atoms with Crippen molar-refractivity contribution in [3.8, 4) is 5.75 Å². The summed E-state index contributed by atoms with van der Waals surface area (Å²) >= 11 is 13.7. The lowest BCUT2D eigenvalue weighted by Crippen LogP contribution is -2.35. The van der Waals surface area contributed by atoms with Crippen LogP contribution < -0.4 is 4.74 Å². The Morgan fingerprint density at radius 1 is 1.19 bits per heavy atom. The standard InChI is InChI=1S/C27H25Cl2N5O2S/c1-4-6-23-32-34-25(30)19(26(35)31-27(34)37-23)14-17-16(3)33(21-10-9-15(2)13-18(17)21)11-12-36-22-8-5-7-20(28)24(22)29/h5,7-10,13-14,30H,4,6,11-12H2,1-3H3/b19-14+,30-25?. The largest absolute Gasteiger partial charge is 0.490 e. The molecule has 10 heteroatoms. The summed E-state index contributed by atoms with van der Waals surface area (Å²) in [6, 6.07) is 11.5. The van der Waals surface area contributed by atoms with Crippen LogP contribution in [0, 0.1) is 19.3 Å². The molecule has 0 saturated carbocycles. The molecule has 7 nitrogen and oxygen atoms in total. The van der Waals surface area contributed by atoms with Gasteiger partial charge in [0.05, 0.1) is 17.1 Å². The summed E-state index contributed by atoms with van der Waals surface area (Å²) in [5.41, 5.74) is 4.15. The lowest BCUT2D eigenvalue weighted by Gasteiger charge is -2.20. The van der Waals surface area contributed by atoms with Crippen LogP contribution in [0.1, 0.15) is 36.6 Å². The second kappa shape index (κ2) is 10.4. The molecule has 2 aliphatic heterocycles. The van der Waals surface area contributed by atoms with Gasteiger partial charge in [-0.05, 0) is 68.8 Å². The van der Waals surface area contributed by atoms with Crippen LogP contribution in [-0.4, -0.2) is 38.1 Å². The zero-order valence-electron chi connectivity index (χ0n) is 20.6. The number of nitrogens with one attached hydrogen (secondary N) is 1. The lowest BCUT2D eigenvalue weighted by atomic mass is 10.0. The molecular formula is C27H25Cl2N5O2S. The number of nitrogens with zero attached hydrogens (tertiary/aromatic N) is 4. The molecule has 1 N–H and O–H groups in total. The van der Waals surface area contributed by atoms with Crippen LogP contribution in [0.25, 0.3) is 17.0 Å². The number of hydrogen-bond acceptors (Lipinski definition) is 5. The van der Waals surface area contributed by atoms with Crippen LogP contribution in [0.4, 0.5) is 0 Å². The summed E-state index contributed by atoms with van der Waals surface area (Å²) < 4.78 is 8.08. The number of carbonyl (C=O) groups excluding carboxylic acids is 1. The van der Waals surface area contributed by atoms with Gasteiger partial charge in [0.25, 0.3) is 5.91 Å². The molecule has 0 bridgehead atoms. The number of carbonyl (C=O) groups is 1. The quantitative estimate of drug-likeness (QED) is 0.317. The van der Waals surface area contributed by atoms with E-state index in [1.54, 1.807) is 24.3 Å². The monoisotopic (exact) mass is 553 g/mol. The van der Waals surface area contributed by atoms with Gasteiger partial charge in [0.2, 0.25) is 5.17 Å². The van der Waals surface area contributed by atoms with Gasteiger partial charge in [-0.25, -0.2) is 0 Å². The van der Waals surface area contributed by atoms with Gasteiger partial charge in [-0.2, -0.15) is 15.1 Å². The molecule has 0 aliphatic carbocycles. The number of halogens is 2. The Morgan fingerprint density at radius 2 is 2.00 bits per heavy atom. The molecule has 0 atom stereocenters. The topological polar surface area (TPSA) is 83.0 Å². The number of fused-ring (bicyclic) bond motifs is 2. The van der Waals surface area contributed by atoms with Gasteiger partial charge in [0.15, 0.2) is 5.84 Å². The Balaban J connectivity index is 1.49. The number of hydrogen-bond donors (Lipinski definition) is 1. The third kappa shape index (κ3) is 4.81. The molecule has 3 aromatic rings. The van der Waals surface area contributed by atoms with Crippen molar-refractivity contribution in [3.63, 3.8) is 0 Å². The van der Waals surface area contributed by atoms with E-state index >= 15 is 0 Å². The minimum Gasteiger partial charge on any atom is -0.490 e. The first-order valence-corrected chi connectivity index (χ1v) is 13.5. The molecule has 2 aromatic carbocycles. The first-order chi connectivity index (χ1) is 17.8. The van der Waals surface area contributed by atoms with Crippen LogP contribution in [0.2, 0.25) is 10.0 Å². The molecule has 1 aromatic heterocycles. The highest BCUT2D eigenvalue weighted by Gasteiger charge is 2.35. The Labute approximate surface area is 229 Å². The second-order valence-corrected chi connectivity index (χ2v) is 10.7. The van der Waals surface area contributed by atoms with Gasteiger partial charge in [-0.1, -0.05) is 47.8 Å². The van der Waals surface area contributed by atoms with Crippen molar-refractivity contribution in [2.45, 2.75) is 40.2 Å². The molecule has 1 amide bonds. The highest BCUT2D eigenvalue weighted by atomic mass is 35.5. The van der Waals surface area contributed by atoms with Crippen LogP contribution in [0.3, 0.4) is 0 Å². The number of thioether (sulfide) groups is 1. The van der Waals surface area contributed by atoms with Crippen molar-refractivity contribution < 1.29 is 9.53 Å². The van der Waals surface area contributed by atoms with Gasteiger partial charge >= 0.3 is 0 Å². The molecule has 0 radical (unpaired) electrons. The fraction of sp³-hybridized carbons (Fsp3) is 0.259. The minimum atomic E-state index is -0.427. The van der Waals surface area contributed by atoms with Crippen LogP contribution in [-0.2, 0) is 11.3 Å². The summed E-state index contributed by atoms with van der Waals surface area (Å²) in [7, 11) is 0. The molecule has 0 unspecified atom stereocenters. The lowest BCUT2D eigenvalue weighted by molar-refractivity contribution is -0.114. The normalized spacial score (nSPS) is 16.5. The summed E-state index contributed by atoms with van der Waals surface area (Å²) in [4.78, 5) is 17.2. The molecule has 2 aliphatic rings. The molecule has 5 rings (SSSR count). The van der Waals surface area contributed by atoms with E-state index in [1.165, 1.54) is 16.8 Å². The van der Waals surface area contributed by atoms with Crippen molar-refractivity contribution in [2.75, 3.05) is 6.61 Å². The third-order valence-electron chi connectivity index (χ3n) is 6.27. The molecule has 0 spiro atoms. The van der Waals surface area contributed by atoms with Crippen LogP contribution in [0.5, 0.6) is 5.75 Å². The average Bonchev–Trinajstić information content (AvgIpc) is 3.37. The van der Waals surface area contributed by atoms with Crippen molar-refractivity contribution in [3.05, 3.63) is 68.8 Å². The van der Waals surface area contributed by atoms with Gasteiger partial charge in [-0.3, -0.25) is 10.2 Å². The summed E-state index contributed by atoms with van der Waals surface area (Å²) in [6.45, 7) is 7.03. The van der Waals surface area contributed by atoms with Gasteiger partial charge in [0.1, 0.15) is 22.4 Å². The zero-order valence-corrected chi connectivity index (χ0v) is 23.0. The Bertz CT molecular complexity index is 1540. The number of hydrazone groups is 1. The number of aryl methyl sites for hydroxylation is 1. The molecule has 190 valence electrons. The van der Waals surface area contributed by atoms with Crippen molar-refractivity contribution in [2.24, 2.45) is 10.1 Å². The maximum atomic E-state index is 13.0. The fourth-order valence-electron chi connectivity index (χ4n) is 4.43. The first kappa shape index (κ1) is 25.6. The number of rotatable bonds is 7. The zero-order chi connectivity index (χ0) is 26.3. The number of ether oxygens (including phenoxy) is 1. The molecule has 37 heavy (non-hydrogen) atoms. The van der Waals surface area contributed by atoms with Crippen LogP contribution >= 0.6 is 35.0 Å². The predicted molar refractivity (Wildman–Crippen MR) is 153 cm³/mol. The SMILES string of the molecule is CCCC1=NN2C(=N)/C(=C\c3c(C)n(CCOc4cccc(Cl)c4Cl)c4ccc(C)cc34)C(=O)N=C2S1. The van der Waals surface area contributed by atoms with Crippen LogP contribution in [0.15, 0.2) is 52.1 Å². The minimum absolute atomic E-state index is 0.0421. The second-order valence-electron chi connectivity index (χ2n) is 8.84. The number of benzene rings is 2. The summed E-state index contributed by atoms with van der Waals surface area (Å²) in [6.07, 6.45) is 3.49. The van der Waals surface area contributed by atoms with E-state index in [9.17, 15) is 4.79 Å². The Hall–Kier alpha value is -3.07. The summed E-state index contributed by atoms with van der Waals surface area (Å²) in [5, 5.41) is 17.8. The number of amides is 1. The number of amidine groups is 2. The molecule has 0 saturated heterocycles. The van der Waals surface area contributed by atoms with Crippen molar-refractivity contribution in [1.29, 1.82) is 5.41 Å². The fourth-order valence-corrected chi connectivity index (χ4v) is 5.76. The van der Waals surface area contributed by atoms with E-state index in [0.29, 0.717) is 34.1 Å². The summed E-state index contributed by atoms with van der Waals surface area (Å²) in [5.74, 6) is 0.145. The van der Waals surface area contributed by atoms with E-state index in [2.05, 4.69) is 39.8 Å². The number of aromatic nitrogens is 1.